The third-order valence-electron chi connectivity index (χ3n) is 3.77. The minimum Gasteiger partial charge on any atom is -0.481 e. The van der Waals surface area contributed by atoms with Crippen LogP contribution in [-0.2, 0) is 9.59 Å². The molecule has 3 nitrogen and oxygen atoms in total. The lowest BCUT2D eigenvalue weighted by Gasteiger charge is -2.00. The first-order valence-electron chi connectivity index (χ1n) is 9.20. The monoisotopic (exact) mass is 322 g/mol. The Morgan fingerprint density at radius 2 is 1.39 bits per heavy atom. The first-order chi connectivity index (χ1) is 11.2. The van der Waals surface area contributed by atoms with Crippen LogP contribution in [0, 0.1) is 0 Å². The summed E-state index contributed by atoms with van der Waals surface area (Å²) in [6.45, 7) is 2.21. The molecule has 23 heavy (non-hydrogen) atoms. The van der Waals surface area contributed by atoms with Gasteiger partial charge >= 0.3 is 5.97 Å². The molecule has 0 atom stereocenters. The molecule has 1 N–H and O–H groups in total. The molecule has 0 saturated heterocycles. The molecule has 0 bridgehead atoms. The molecule has 132 valence electrons. The smallest absolute Gasteiger partial charge is 0.303 e. The van der Waals surface area contributed by atoms with Crippen molar-refractivity contribution in [2.45, 2.75) is 90.4 Å². The molecule has 0 aromatic carbocycles. The van der Waals surface area contributed by atoms with Crippen LogP contribution < -0.4 is 0 Å². The molecule has 0 aromatic heterocycles. The van der Waals surface area contributed by atoms with Gasteiger partial charge < -0.3 is 5.11 Å². The summed E-state index contributed by atoms with van der Waals surface area (Å²) in [5.41, 5.74) is 0. The number of hydrogen-bond donors (Lipinski definition) is 1. The van der Waals surface area contributed by atoms with E-state index in [-0.39, 0.29) is 6.42 Å². The summed E-state index contributed by atoms with van der Waals surface area (Å²) < 4.78 is 0. The van der Waals surface area contributed by atoms with Gasteiger partial charge in [0.05, 0.1) is 0 Å². The summed E-state index contributed by atoms with van der Waals surface area (Å²) in [5.74, 6) is -0.349. The van der Waals surface area contributed by atoms with Crippen LogP contribution in [0.3, 0.4) is 0 Å². The fraction of sp³-hybridized carbons (Fsp3) is 0.700. The molecular formula is C20H34O3. The van der Waals surface area contributed by atoms with Gasteiger partial charge in [0.25, 0.3) is 0 Å². The molecule has 0 aliphatic heterocycles. The second-order valence-electron chi connectivity index (χ2n) is 6.06. The van der Waals surface area contributed by atoms with Crippen LogP contribution in [0.25, 0.3) is 0 Å². The first-order valence-corrected chi connectivity index (χ1v) is 9.20. The summed E-state index contributed by atoms with van der Waals surface area (Å²) in [5, 5.41) is 8.50. The van der Waals surface area contributed by atoms with Gasteiger partial charge in [-0.1, -0.05) is 63.3 Å². The van der Waals surface area contributed by atoms with Gasteiger partial charge in [0.15, 0.2) is 0 Å². The average molecular weight is 322 g/mol. The Balaban J connectivity index is 3.39. The van der Waals surface area contributed by atoms with E-state index in [1.165, 1.54) is 32.1 Å². The third kappa shape index (κ3) is 18.6. The van der Waals surface area contributed by atoms with Crippen molar-refractivity contribution in [3.8, 4) is 0 Å². The number of carboxylic acids is 1. The van der Waals surface area contributed by atoms with Crippen molar-refractivity contribution in [1.29, 1.82) is 0 Å². The number of rotatable bonds is 16. The molecule has 0 aliphatic carbocycles. The van der Waals surface area contributed by atoms with Gasteiger partial charge in [-0.15, -0.1) is 0 Å². The maximum atomic E-state index is 11.7. The number of allylic oxidation sites excluding steroid dienone is 4. The third-order valence-corrected chi connectivity index (χ3v) is 3.77. The zero-order valence-electron chi connectivity index (χ0n) is 14.8. The summed E-state index contributed by atoms with van der Waals surface area (Å²) in [6, 6.07) is 0. The Labute approximate surface area is 141 Å². The largest absolute Gasteiger partial charge is 0.481 e. The fourth-order valence-corrected chi connectivity index (χ4v) is 2.35. The lowest BCUT2D eigenvalue weighted by atomic mass is 10.1. The van der Waals surface area contributed by atoms with E-state index in [1.807, 2.05) is 6.08 Å². The molecule has 0 aliphatic rings. The van der Waals surface area contributed by atoms with Crippen molar-refractivity contribution in [3.05, 3.63) is 24.3 Å². The van der Waals surface area contributed by atoms with Crippen molar-refractivity contribution in [3.63, 3.8) is 0 Å². The first kappa shape index (κ1) is 21.6. The number of ketones is 1. The molecule has 0 rings (SSSR count). The lowest BCUT2D eigenvalue weighted by molar-refractivity contribution is -0.137. The van der Waals surface area contributed by atoms with Crippen molar-refractivity contribution in [2.75, 3.05) is 0 Å². The van der Waals surface area contributed by atoms with Crippen LogP contribution >= 0.6 is 0 Å². The molecule has 0 amide bonds. The molecule has 3 heteroatoms. The summed E-state index contributed by atoms with van der Waals surface area (Å²) in [4.78, 5) is 22.0. The Hall–Kier alpha value is -1.38. The predicted molar refractivity (Wildman–Crippen MR) is 96.6 cm³/mol. The SMILES string of the molecule is CCCCCCCCC(=O)CC/C=C\C/C=C\CCCC(=O)O. The van der Waals surface area contributed by atoms with E-state index in [0.29, 0.717) is 18.6 Å². The van der Waals surface area contributed by atoms with E-state index in [2.05, 4.69) is 25.2 Å². The van der Waals surface area contributed by atoms with Crippen molar-refractivity contribution < 1.29 is 14.7 Å². The molecule has 0 radical (unpaired) electrons. The highest BCUT2D eigenvalue weighted by Crippen LogP contribution is 2.09. The number of unbranched alkanes of at least 4 members (excludes halogenated alkanes) is 6. The van der Waals surface area contributed by atoms with Crippen molar-refractivity contribution in [2.24, 2.45) is 0 Å². The highest BCUT2D eigenvalue weighted by Gasteiger charge is 2.00. The zero-order valence-corrected chi connectivity index (χ0v) is 14.8. The highest BCUT2D eigenvalue weighted by atomic mass is 16.4. The van der Waals surface area contributed by atoms with Crippen LogP contribution in [-0.4, -0.2) is 16.9 Å². The minimum atomic E-state index is -0.732. The number of aliphatic carboxylic acids is 1. The van der Waals surface area contributed by atoms with Gasteiger partial charge in [0.1, 0.15) is 5.78 Å². The van der Waals surface area contributed by atoms with Crippen LogP contribution in [0.15, 0.2) is 24.3 Å². The van der Waals surface area contributed by atoms with Gasteiger partial charge in [0.2, 0.25) is 0 Å². The number of carbonyl (C=O) groups is 2. The number of carbonyl (C=O) groups excluding carboxylic acids is 1. The van der Waals surface area contributed by atoms with E-state index in [0.717, 1.165) is 32.1 Å². The summed E-state index contributed by atoms with van der Waals surface area (Å²) >= 11 is 0. The second kappa shape index (κ2) is 17.0. The van der Waals surface area contributed by atoms with Gasteiger partial charge in [-0.25, -0.2) is 0 Å². The zero-order chi connectivity index (χ0) is 17.2. The van der Waals surface area contributed by atoms with Gasteiger partial charge in [-0.05, 0) is 32.1 Å². The normalized spacial score (nSPS) is 11.5. The van der Waals surface area contributed by atoms with E-state index in [9.17, 15) is 9.59 Å². The lowest BCUT2D eigenvalue weighted by Crippen LogP contribution is -1.96. The number of hydrogen-bond acceptors (Lipinski definition) is 2. The van der Waals surface area contributed by atoms with E-state index in [4.69, 9.17) is 5.11 Å². The van der Waals surface area contributed by atoms with Crippen LogP contribution in [0.4, 0.5) is 0 Å². The summed E-state index contributed by atoms with van der Waals surface area (Å²) in [7, 11) is 0. The molecular weight excluding hydrogens is 288 g/mol. The quantitative estimate of drug-likeness (QED) is 0.287. The van der Waals surface area contributed by atoms with E-state index in [1.54, 1.807) is 0 Å². The van der Waals surface area contributed by atoms with Gasteiger partial charge in [-0.2, -0.15) is 0 Å². The topological polar surface area (TPSA) is 54.4 Å². The Morgan fingerprint density at radius 3 is 2.09 bits per heavy atom. The molecule has 0 fully saturated rings. The molecule has 0 spiro atoms. The average Bonchev–Trinajstić information content (AvgIpc) is 2.52. The van der Waals surface area contributed by atoms with E-state index < -0.39 is 5.97 Å². The molecule has 0 unspecified atom stereocenters. The predicted octanol–water partition coefficient (Wildman–Crippen LogP) is 5.84. The van der Waals surface area contributed by atoms with Crippen molar-refractivity contribution in [1.82, 2.24) is 0 Å². The summed E-state index contributed by atoms with van der Waals surface area (Å²) in [6.07, 6.45) is 20.4. The molecule has 0 heterocycles. The van der Waals surface area contributed by atoms with E-state index >= 15 is 0 Å². The maximum Gasteiger partial charge on any atom is 0.303 e. The van der Waals surface area contributed by atoms with Crippen molar-refractivity contribution >= 4 is 11.8 Å². The number of Topliss-reactive ketones (excluding diaryl/α,β-unsaturated/α-hetero) is 1. The van der Waals surface area contributed by atoms with Crippen LogP contribution in [0.2, 0.25) is 0 Å². The Kier molecular flexibility index (Phi) is 16.0. The highest BCUT2D eigenvalue weighted by molar-refractivity contribution is 5.78. The second-order valence-corrected chi connectivity index (χ2v) is 6.06. The molecule has 0 aromatic rings. The standard InChI is InChI=1S/C20H34O3/c1-2-3-4-5-10-13-16-19(21)17-14-11-8-6-7-9-12-15-18-20(22)23/h7-9,11H,2-6,10,12-18H2,1H3,(H,22,23)/b9-7-,11-8-. The minimum absolute atomic E-state index is 0.237. The number of carboxylic acid groups (broad SMARTS) is 1. The Bertz CT molecular complexity index is 356. The molecule has 0 saturated carbocycles. The van der Waals surface area contributed by atoms with Gasteiger partial charge in [0, 0.05) is 19.3 Å². The Morgan fingerprint density at radius 1 is 0.739 bits per heavy atom. The van der Waals surface area contributed by atoms with Gasteiger partial charge in [-0.3, -0.25) is 9.59 Å². The van der Waals surface area contributed by atoms with Crippen LogP contribution in [0.5, 0.6) is 0 Å². The fourth-order valence-electron chi connectivity index (χ4n) is 2.35. The van der Waals surface area contributed by atoms with Crippen LogP contribution in [0.1, 0.15) is 90.4 Å². The maximum absolute atomic E-state index is 11.7.